The van der Waals surface area contributed by atoms with Crippen LogP contribution in [0.5, 0.6) is 0 Å². The van der Waals surface area contributed by atoms with Crippen LogP contribution in [0, 0.1) is 0 Å². The Hall–Kier alpha value is -0.0500. The molecule has 1 unspecified atom stereocenters. The first-order valence-electron chi connectivity index (χ1n) is 7.67. The largest absolute Gasteiger partial charge is 0.756 e. The van der Waals surface area contributed by atoms with E-state index in [2.05, 4.69) is 11.4 Å². The Morgan fingerprint density at radius 1 is 1.14 bits per heavy atom. The number of rotatable bonds is 11. The van der Waals surface area contributed by atoms with E-state index in [9.17, 15) is 19.7 Å². The molecule has 132 valence electrons. The third-order valence-electron chi connectivity index (χ3n) is 3.48. The molecule has 1 fully saturated rings. The van der Waals surface area contributed by atoms with Gasteiger partial charge in [0.05, 0.1) is 13.2 Å². The molecule has 1 aliphatic heterocycles. The van der Waals surface area contributed by atoms with Crippen molar-refractivity contribution in [2.75, 3.05) is 13.2 Å². The predicted octanol–water partition coefficient (Wildman–Crippen LogP) is 0.287. The molecule has 9 heteroatoms. The van der Waals surface area contributed by atoms with Crippen LogP contribution < -0.4 is 4.89 Å². The Morgan fingerprint density at radius 3 is 2.36 bits per heavy atom. The van der Waals surface area contributed by atoms with E-state index in [1.807, 2.05) is 0 Å². The van der Waals surface area contributed by atoms with Crippen molar-refractivity contribution in [3.63, 3.8) is 0 Å². The van der Waals surface area contributed by atoms with Crippen LogP contribution in [0.25, 0.3) is 0 Å². The van der Waals surface area contributed by atoms with Gasteiger partial charge in [-0.1, -0.05) is 39.0 Å². The predicted molar refractivity (Wildman–Crippen MR) is 75.8 cm³/mol. The van der Waals surface area contributed by atoms with Crippen LogP contribution in [-0.4, -0.2) is 53.1 Å². The summed E-state index contributed by atoms with van der Waals surface area (Å²) in [6, 6.07) is 0. The molecule has 1 heterocycles. The van der Waals surface area contributed by atoms with Gasteiger partial charge in [0, 0.05) is 0 Å². The zero-order valence-corrected chi connectivity index (χ0v) is 13.7. The van der Waals surface area contributed by atoms with Crippen molar-refractivity contribution in [2.45, 2.75) is 70.1 Å². The van der Waals surface area contributed by atoms with E-state index < -0.39 is 39.0 Å². The molecule has 0 aromatic carbocycles. The normalized spacial score (nSPS) is 31.3. The number of aliphatic hydroxyl groups is 3. The van der Waals surface area contributed by atoms with Gasteiger partial charge in [0.2, 0.25) is 0 Å². The summed E-state index contributed by atoms with van der Waals surface area (Å²) < 4.78 is 25.8. The minimum Gasteiger partial charge on any atom is -0.756 e. The smallest absolute Gasteiger partial charge is 0.270 e. The van der Waals surface area contributed by atoms with E-state index >= 15 is 0 Å². The molecule has 1 rings (SSSR count). The molecule has 0 bridgehead atoms. The topological polar surface area (TPSA) is 129 Å². The highest BCUT2D eigenvalue weighted by molar-refractivity contribution is 7.45. The van der Waals surface area contributed by atoms with E-state index in [4.69, 9.17) is 14.4 Å². The van der Waals surface area contributed by atoms with E-state index in [0.29, 0.717) is 6.42 Å². The highest BCUT2D eigenvalue weighted by Gasteiger charge is 2.44. The monoisotopic (exact) mass is 341 g/mol. The zero-order valence-electron chi connectivity index (χ0n) is 12.8. The fourth-order valence-electron chi connectivity index (χ4n) is 2.17. The summed E-state index contributed by atoms with van der Waals surface area (Å²) in [5.41, 5.74) is 0. The van der Waals surface area contributed by atoms with Crippen molar-refractivity contribution < 1.29 is 38.6 Å². The standard InChI is InChI=1S/C13H27O8P/c1-2-3-4-5-6-7-8-19-22(17,18)21-13-12(16)11(15)10(9-14)20-13/h10-16H,2-9H2,1H3,(H,17,18)/p-1/t10-,11-,12+,13+/m1/s1. The van der Waals surface area contributed by atoms with Gasteiger partial charge in [-0.25, -0.2) is 0 Å². The summed E-state index contributed by atoms with van der Waals surface area (Å²) in [7, 11) is -4.63. The lowest BCUT2D eigenvalue weighted by molar-refractivity contribution is -0.249. The lowest BCUT2D eigenvalue weighted by Crippen LogP contribution is -2.34. The summed E-state index contributed by atoms with van der Waals surface area (Å²) in [6.07, 6.45) is 0.285. The first-order valence-corrected chi connectivity index (χ1v) is 9.13. The van der Waals surface area contributed by atoms with Gasteiger partial charge in [0.1, 0.15) is 18.3 Å². The number of phosphoric ester groups is 1. The molecule has 0 amide bonds. The molecule has 0 radical (unpaired) electrons. The molecule has 0 saturated carbocycles. The average Bonchev–Trinajstić information content (AvgIpc) is 2.73. The maximum Gasteiger partial charge on any atom is 0.270 e. The van der Waals surface area contributed by atoms with Crippen LogP contribution >= 0.6 is 7.82 Å². The molecular formula is C13H26O8P-. The van der Waals surface area contributed by atoms with Crippen LogP contribution in [0.1, 0.15) is 45.4 Å². The van der Waals surface area contributed by atoms with Crippen molar-refractivity contribution in [1.82, 2.24) is 0 Å². The second-order valence-electron chi connectivity index (χ2n) is 5.36. The van der Waals surface area contributed by atoms with Crippen molar-refractivity contribution in [3.8, 4) is 0 Å². The Morgan fingerprint density at radius 2 is 1.77 bits per heavy atom. The number of ether oxygens (including phenoxy) is 1. The second kappa shape index (κ2) is 9.95. The third kappa shape index (κ3) is 6.60. The Bertz CT molecular complexity index is 353. The second-order valence-corrected chi connectivity index (χ2v) is 6.72. The molecule has 1 aliphatic rings. The Kier molecular flexibility index (Phi) is 9.04. The van der Waals surface area contributed by atoms with Gasteiger partial charge < -0.3 is 29.5 Å². The molecular weight excluding hydrogens is 315 g/mol. The van der Waals surface area contributed by atoms with Gasteiger partial charge in [-0.2, -0.15) is 0 Å². The zero-order chi connectivity index (χ0) is 16.6. The summed E-state index contributed by atoms with van der Waals surface area (Å²) in [4.78, 5) is 11.6. The van der Waals surface area contributed by atoms with E-state index in [1.54, 1.807) is 0 Å². The van der Waals surface area contributed by atoms with Gasteiger partial charge in [0.25, 0.3) is 7.82 Å². The van der Waals surface area contributed by atoms with Crippen molar-refractivity contribution in [3.05, 3.63) is 0 Å². The molecule has 22 heavy (non-hydrogen) atoms. The Labute approximate surface area is 130 Å². The fourth-order valence-corrected chi connectivity index (χ4v) is 3.01. The SMILES string of the molecule is CCCCCCCCOP(=O)([O-])O[C@@H]1O[C@H](CO)[C@@H](O)[C@@H]1O. The number of hydrogen-bond acceptors (Lipinski definition) is 8. The Balaban J connectivity index is 2.25. The summed E-state index contributed by atoms with van der Waals surface area (Å²) in [6.45, 7) is 1.56. The van der Waals surface area contributed by atoms with Crippen LogP contribution in [0.2, 0.25) is 0 Å². The fraction of sp³-hybridized carbons (Fsp3) is 1.00. The minimum atomic E-state index is -4.63. The molecule has 5 atom stereocenters. The molecule has 0 aromatic heterocycles. The van der Waals surface area contributed by atoms with Crippen LogP contribution in [0.3, 0.4) is 0 Å². The van der Waals surface area contributed by atoms with Gasteiger partial charge in [0.15, 0.2) is 6.29 Å². The van der Waals surface area contributed by atoms with Crippen molar-refractivity contribution >= 4 is 7.82 Å². The lowest BCUT2D eigenvalue weighted by Gasteiger charge is -2.27. The molecule has 0 aliphatic carbocycles. The van der Waals surface area contributed by atoms with Crippen LogP contribution in [0.15, 0.2) is 0 Å². The number of phosphoric acid groups is 1. The van der Waals surface area contributed by atoms with Gasteiger partial charge in [-0.15, -0.1) is 0 Å². The molecule has 1 saturated heterocycles. The molecule has 3 N–H and O–H groups in total. The van der Waals surface area contributed by atoms with Crippen LogP contribution in [-0.2, 0) is 18.3 Å². The molecule has 0 aromatic rings. The van der Waals surface area contributed by atoms with Gasteiger partial charge in [-0.05, 0) is 6.42 Å². The van der Waals surface area contributed by atoms with E-state index in [1.165, 1.54) is 0 Å². The maximum atomic E-state index is 11.6. The number of unbranched alkanes of at least 4 members (excludes halogenated alkanes) is 5. The summed E-state index contributed by atoms with van der Waals surface area (Å²) >= 11 is 0. The van der Waals surface area contributed by atoms with Gasteiger partial charge in [-0.3, -0.25) is 9.09 Å². The van der Waals surface area contributed by atoms with E-state index in [0.717, 1.165) is 32.1 Å². The van der Waals surface area contributed by atoms with Crippen molar-refractivity contribution in [1.29, 1.82) is 0 Å². The van der Waals surface area contributed by atoms with E-state index in [-0.39, 0.29) is 6.61 Å². The summed E-state index contributed by atoms with van der Waals surface area (Å²) in [5.74, 6) is 0. The number of aliphatic hydroxyl groups excluding tert-OH is 3. The van der Waals surface area contributed by atoms with Gasteiger partial charge >= 0.3 is 0 Å². The summed E-state index contributed by atoms with van der Waals surface area (Å²) in [5, 5.41) is 28.0. The minimum absolute atomic E-state index is 0.00169. The first-order chi connectivity index (χ1) is 10.4. The first kappa shape index (κ1) is 20.0. The molecule has 8 nitrogen and oxygen atoms in total. The molecule has 0 spiro atoms. The highest BCUT2D eigenvalue weighted by Crippen LogP contribution is 2.42. The van der Waals surface area contributed by atoms with Crippen LogP contribution in [0.4, 0.5) is 0 Å². The number of hydrogen-bond donors (Lipinski definition) is 3. The highest BCUT2D eigenvalue weighted by atomic mass is 31.2. The quantitative estimate of drug-likeness (QED) is 0.361. The lowest BCUT2D eigenvalue weighted by atomic mass is 10.1. The maximum absolute atomic E-state index is 11.6. The third-order valence-corrected chi connectivity index (χ3v) is 4.44. The van der Waals surface area contributed by atoms with Crippen molar-refractivity contribution in [2.24, 2.45) is 0 Å². The average molecular weight is 341 g/mol.